The third kappa shape index (κ3) is 5.23. The summed E-state index contributed by atoms with van der Waals surface area (Å²) in [6, 6.07) is 0. The van der Waals surface area contributed by atoms with Gasteiger partial charge < -0.3 is 0 Å². The van der Waals surface area contributed by atoms with Gasteiger partial charge in [0.1, 0.15) is 0 Å². The molecule has 0 aliphatic carbocycles. The van der Waals surface area contributed by atoms with Crippen molar-refractivity contribution in [2.24, 2.45) is 0 Å². The van der Waals surface area contributed by atoms with Crippen LogP contribution < -0.4 is 0 Å². The van der Waals surface area contributed by atoms with Crippen LogP contribution in [0.5, 0.6) is 0 Å². The van der Waals surface area contributed by atoms with Gasteiger partial charge in [-0.3, -0.25) is 0 Å². The first kappa shape index (κ1) is 19.1. The molecule has 3 N–H and O–H groups in total. The summed E-state index contributed by atoms with van der Waals surface area (Å²) in [5, 5.41) is 26.2. The minimum absolute atomic E-state index is 0.998. The Morgan fingerprint density at radius 3 is 1.20 bits per heavy atom. The molecule has 0 fully saturated rings. The number of rotatable bonds is 6. The summed E-state index contributed by atoms with van der Waals surface area (Å²) in [6.45, 7) is 1.52. The summed E-state index contributed by atoms with van der Waals surface area (Å²) in [5.41, 5.74) is 0. The van der Waals surface area contributed by atoms with Gasteiger partial charge in [0.05, 0.1) is 0 Å². The maximum atomic E-state index is 11.3. The quantitative estimate of drug-likeness (QED) is 0.446. The van der Waals surface area contributed by atoms with E-state index in [4.69, 9.17) is 24.5 Å². The van der Waals surface area contributed by atoms with E-state index in [9.17, 15) is 14.4 Å². The Kier molecular flexibility index (Phi) is 7.41. The normalized spacial score (nSPS) is 11.7. The SMILES string of the molecule is C[C](C)(C)[Sn]([O]C(=O)CO)([O]C(=O)CO)[O]C(=O)CO. The standard InChI is InChI=1S/C4H9.3C2H4O3.Sn/c1-4(2)3;3*3-1-2(4)5;/h1-3H3;3*3H,1H2,(H,4,5);/q;;;;+3/p-3. The molecule has 0 amide bonds. The van der Waals surface area contributed by atoms with E-state index in [0.29, 0.717) is 0 Å². The average Bonchev–Trinajstić information content (AvgIpc) is 2.36. The molecule has 20 heavy (non-hydrogen) atoms. The van der Waals surface area contributed by atoms with Crippen LogP contribution in [0.4, 0.5) is 0 Å². The molecule has 9 nitrogen and oxygen atoms in total. The summed E-state index contributed by atoms with van der Waals surface area (Å²) in [4.78, 5) is 33.9. The first-order valence-electron chi connectivity index (χ1n) is 5.60. The molecule has 0 rings (SSSR count). The fraction of sp³-hybridized carbons (Fsp3) is 0.700. The van der Waals surface area contributed by atoms with E-state index >= 15 is 0 Å². The molecular formula is C10H18O9Sn. The van der Waals surface area contributed by atoms with Crippen LogP contribution in [0.25, 0.3) is 0 Å². The minimum atomic E-state index is -5.18. The number of aliphatic hydroxyl groups excluding tert-OH is 3. The van der Waals surface area contributed by atoms with Gasteiger partial charge in [0.2, 0.25) is 0 Å². The Labute approximate surface area is 120 Å². The Hall–Kier alpha value is -0.911. The van der Waals surface area contributed by atoms with Gasteiger partial charge in [0.25, 0.3) is 0 Å². The maximum absolute atomic E-state index is 11.3. The molecule has 0 saturated carbocycles. The van der Waals surface area contributed by atoms with Gasteiger partial charge in [0, 0.05) is 0 Å². The topological polar surface area (TPSA) is 140 Å². The molecule has 0 aliphatic rings. The fourth-order valence-corrected chi connectivity index (χ4v) is 7.17. The third-order valence-corrected chi connectivity index (χ3v) is 11.5. The van der Waals surface area contributed by atoms with Crippen molar-refractivity contribution in [1.29, 1.82) is 0 Å². The van der Waals surface area contributed by atoms with E-state index in [-0.39, 0.29) is 0 Å². The molecule has 0 radical (unpaired) electrons. The summed E-state index contributed by atoms with van der Waals surface area (Å²) >= 11 is -5.18. The predicted molar refractivity (Wildman–Crippen MR) is 65.0 cm³/mol. The van der Waals surface area contributed by atoms with Crippen LogP contribution in [0, 0.1) is 0 Å². The Morgan fingerprint density at radius 1 is 0.800 bits per heavy atom. The van der Waals surface area contributed by atoms with Crippen molar-refractivity contribution in [2.45, 2.75) is 24.2 Å². The molecule has 0 aromatic carbocycles. The van der Waals surface area contributed by atoms with Crippen molar-refractivity contribution in [2.75, 3.05) is 19.8 Å². The molecule has 0 aromatic rings. The van der Waals surface area contributed by atoms with E-state index in [0.717, 1.165) is 0 Å². The van der Waals surface area contributed by atoms with Gasteiger partial charge in [-0.2, -0.15) is 0 Å². The van der Waals surface area contributed by atoms with E-state index in [1.54, 1.807) is 0 Å². The van der Waals surface area contributed by atoms with Crippen molar-refractivity contribution in [3.05, 3.63) is 0 Å². The molecule has 0 unspecified atom stereocenters. The molecular weight excluding hydrogens is 383 g/mol. The monoisotopic (exact) mass is 402 g/mol. The van der Waals surface area contributed by atoms with Crippen LogP contribution in [0.2, 0.25) is 3.43 Å². The second-order valence-electron chi connectivity index (χ2n) is 4.70. The first-order valence-corrected chi connectivity index (χ1v) is 10.5. The number of carbonyl (C=O) groups excluding carboxylic acids is 3. The van der Waals surface area contributed by atoms with Crippen LogP contribution in [0.3, 0.4) is 0 Å². The predicted octanol–water partition coefficient (Wildman–Crippen LogP) is -1.67. The van der Waals surface area contributed by atoms with Gasteiger partial charge in [-0.25, -0.2) is 0 Å². The summed E-state index contributed by atoms with van der Waals surface area (Å²) in [6.07, 6.45) is 0. The number of aliphatic hydroxyl groups is 3. The zero-order valence-electron chi connectivity index (χ0n) is 11.4. The van der Waals surface area contributed by atoms with Crippen LogP contribution in [-0.4, -0.2) is 72.7 Å². The molecule has 0 aliphatic heterocycles. The van der Waals surface area contributed by atoms with Gasteiger partial charge >= 0.3 is 120 Å². The van der Waals surface area contributed by atoms with Gasteiger partial charge in [-0.1, -0.05) is 0 Å². The Morgan fingerprint density at radius 2 is 1.05 bits per heavy atom. The number of hydrogen-bond acceptors (Lipinski definition) is 9. The van der Waals surface area contributed by atoms with Crippen molar-refractivity contribution >= 4 is 37.5 Å². The Balaban J connectivity index is 5.56. The number of hydrogen-bond donors (Lipinski definition) is 3. The van der Waals surface area contributed by atoms with E-state index in [1.165, 1.54) is 20.8 Å². The second kappa shape index (κ2) is 7.76. The zero-order valence-corrected chi connectivity index (χ0v) is 14.3. The molecule has 116 valence electrons. The van der Waals surface area contributed by atoms with Crippen LogP contribution in [0.1, 0.15) is 20.8 Å². The first-order chi connectivity index (χ1) is 9.11. The van der Waals surface area contributed by atoms with Gasteiger partial charge in [-0.05, 0) is 0 Å². The van der Waals surface area contributed by atoms with Crippen LogP contribution in [0.15, 0.2) is 0 Å². The van der Waals surface area contributed by atoms with Gasteiger partial charge in [0.15, 0.2) is 0 Å². The average molecular weight is 401 g/mol. The number of carbonyl (C=O) groups is 3. The van der Waals surface area contributed by atoms with Crippen LogP contribution in [-0.2, 0) is 23.6 Å². The third-order valence-electron chi connectivity index (χ3n) is 2.05. The summed E-state index contributed by atoms with van der Waals surface area (Å²) in [5.74, 6) is -3.40. The van der Waals surface area contributed by atoms with Crippen molar-refractivity contribution in [1.82, 2.24) is 0 Å². The summed E-state index contributed by atoms with van der Waals surface area (Å²) < 4.78 is 13.7. The van der Waals surface area contributed by atoms with E-state index in [1.807, 2.05) is 0 Å². The second-order valence-corrected chi connectivity index (χ2v) is 13.9. The molecule has 0 aromatic heterocycles. The zero-order chi connectivity index (χ0) is 16.0. The molecule has 10 heteroatoms. The molecule has 0 heterocycles. The van der Waals surface area contributed by atoms with Crippen molar-refractivity contribution < 1.29 is 38.9 Å². The van der Waals surface area contributed by atoms with E-state index in [2.05, 4.69) is 0 Å². The molecule has 0 bridgehead atoms. The van der Waals surface area contributed by atoms with E-state index < -0.39 is 60.8 Å². The summed E-state index contributed by atoms with van der Waals surface area (Å²) in [7, 11) is 0. The van der Waals surface area contributed by atoms with Crippen molar-refractivity contribution in [3.63, 3.8) is 0 Å². The fourth-order valence-electron chi connectivity index (χ4n) is 1.07. The molecule has 0 spiro atoms. The Bertz CT molecular complexity index is 328. The van der Waals surface area contributed by atoms with Crippen molar-refractivity contribution in [3.8, 4) is 0 Å². The van der Waals surface area contributed by atoms with Crippen LogP contribution >= 0.6 is 0 Å². The molecule has 0 atom stereocenters. The molecule has 0 saturated heterocycles. The van der Waals surface area contributed by atoms with Gasteiger partial charge in [-0.15, -0.1) is 0 Å².